The van der Waals surface area contributed by atoms with Crippen LogP contribution in [-0.2, 0) is 14.8 Å². The molecule has 128 valence electrons. The molecule has 1 unspecified atom stereocenters. The average Bonchev–Trinajstić information content (AvgIpc) is 2.54. The van der Waals surface area contributed by atoms with Gasteiger partial charge in [0.2, 0.25) is 10.0 Å². The van der Waals surface area contributed by atoms with Gasteiger partial charge in [0.1, 0.15) is 0 Å². The molecule has 1 aliphatic rings. The van der Waals surface area contributed by atoms with Crippen LogP contribution in [-0.4, -0.2) is 25.5 Å². The van der Waals surface area contributed by atoms with Gasteiger partial charge in [-0.3, -0.25) is 4.79 Å². The van der Waals surface area contributed by atoms with E-state index in [0.29, 0.717) is 16.7 Å². The molecule has 1 aromatic carbocycles. The van der Waals surface area contributed by atoms with Gasteiger partial charge in [0.05, 0.1) is 4.90 Å². The predicted octanol–water partition coefficient (Wildman–Crippen LogP) is 3.02. The van der Waals surface area contributed by atoms with Crippen molar-refractivity contribution in [2.24, 2.45) is 11.8 Å². The molecular formula is C17H25NO4S. The Kier molecular flexibility index (Phi) is 6.18. The highest BCUT2D eigenvalue weighted by Crippen LogP contribution is 2.33. The zero-order valence-corrected chi connectivity index (χ0v) is 14.3. The van der Waals surface area contributed by atoms with Crippen molar-refractivity contribution >= 4 is 16.0 Å². The Balaban J connectivity index is 1.85. The number of sulfonamides is 1. The third-order valence-electron chi connectivity index (χ3n) is 4.76. The molecule has 23 heavy (non-hydrogen) atoms. The Morgan fingerprint density at radius 1 is 1.22 bits per heavy atom. The van der Waals surface area contributed by atoms with Gasteiger partial charge in [-0.1, -0.05) is 31.0 Å². The molecule has 1 aromatic rings. The summed E-state index contributed by atoms with van der Waals surface area (Å²) in [5.41, 5.74) is 0. The lowest BCUT2D eigenvalue weighted by atomic mass is 9.77. The van der Waals surface area contributed by atoms with Crippen molar-refractivity contribution < 1.29 is 18.3 Å². The summed E-state index contributed by atoms with van der Waals surface area (Å²) in [6.07, 6.45) is 4.81. The second kappa shape index (κ2) is 7.93. The lowest BCUT2D eigenvalue weighted by Crippen LogP contribution is -2.39. The minimum atomic E-state index is -3.47. The standard InChI is InChI=1S/C17H25NO4S/c1-13(18-23(21,22)16-5-3-2-4-6-16)15-10-7-14(8-11-15)9-12-17(19)20/h2-6,13-15,18H,7-12H2,1H3,(H,19,20). The number of hydrogen-bond donors (Lipinski definition) is 2. The lowest BCUT2D eigenvalue weighted by Gasteiger charge is -2.32. The van der Waals surface area contributed by atoms with E-state index in [9.17, 15) is 13.2 Å². The molecule has 2 rings (SSSR count). The maximum absolute atomic E-state index is 12.4. The first-order chi connectivity index (χ1) is 10.9. The van der Waals surface area contributed by atoms with Gasteiger partial charge < -0.3 is 5.11 Å². The van der Waals surface area contributed by atoms with Crippen LogP contribution in [0.3, 0.4) is 0 Å². The summed E-state index contributed by atoms with van der Waals surface area (Å²) in [5, 5.41) is 8.74. The van der Waals surface area contributed by atoms with Gasteiger partial charge in [-0.05, 0) is 50.2 Å². The monoisotopic (exact) mass is 339 g/mol. The molecule has 1 fully saturated rings. The first-order valence-electron chi connectivity index (χ1n) is 8.17. The predicted molar refractivity (Wildman–Crippen MR) is 88.5 cm³/mol. The third kappa shape index (κ3) is 5.32. The molecular weight excluding hydrogens is 314 g/mol. The van der Waals surface area contributed by atoms with Gasteiger partial charge in [-0.2, -0.15) is 0 Å². The minimum Gasteiger partial charge on any atom is -0.481 e. The van der Waals surface area contributed by atoms with Crippen molar-refractivity contribution in [1.82, 2.24) is 4.72 Å². The van der Waals surface area contributed by atoms with Crippen LogP contribution in [0.15, 0.2) is 35.2 Å². The van der Waals surface area contributed by atoms with Crippen LogP contribution in [0.1, 0.15) is 45.4 Å². The van der Waals surface area contributed by atoms with Gasteiger partial charge in [-0.25, -0.2) is 13.1 Å². The van der Waals surface area contributed by atoms with Crippen molar-refractivity contribution in [2.75, 3.05) is 0 Å². The maximum Gasteiger partial charge on any atom is 0.303 e. The molecule has 1 aliphatic carbocycles. The van der Waals surface area contributed by atoms with Crippen molar-refractivity contribution in [3.8, 4) is 0 Å². The van der Waals surface area contributed by atoms with Crippen LogP contribution in [0, 0.1) is 11.8 Å². The SMILES string of the molecule is CC(NS(=O)(=O)c1ccccc1)C1CCC(CCC(=O)O)CC1. The van der Waals surface area contributed by atoms with E-state index in [1.54, 1.807) is 30.3 Å². The second-order valence-electron chi connectivity index (χ2n) is 6.44. The van der Waals surface area contributed by atoms with Crippen molar-refractivity contribution in [1.29, 1.82) is 0 Å². The summed E-state index contributed by atoms with van der Waals surface area (Å²) in [6, 6.07) is 8.30. The smallest absolute Gasteiger partial charge is 0.303 e. The van der Waals surface area contributed by atoms with Gasteiger partial charge in [0, 0.05) is 12.5 Å². The fourth-order valence-electron chi connectivity index (χ4n) is 3.31. The van der Waals surface area contributed by atoms with Crippen molar-refractivity contribution in [3.63, 3.8) is 0 Å². The highest BCUT2D eigenvalue weighted by molar-refractivity contribution is 7.89. The highest BCUT2D eigenvalue weighted by Gasteiger charge is 2.28. The second-order valence-corrected chi connectivity index (χ2v) is 8.15. The topological polar surface area (TPSA) is 83.5 Å². The summed E-state index contributed by atoms with van der Waals surface area (Å²) >= 11 is 0. The van der Waals surface area contributed by atoms with E-state index in [4.69, 9.17) is 5.11 Å². The Bertz CT molecular complexity index is 607. The minimum absolute atomic E-state index is 0.111. The molecule has 0 aromatic heterocycles. The summed E-state index contributed by atoms with van der Waals surface area (Å²) in [6.45, 7) is 1.92. The summed E-state index contributed by atoms with van der Waals surface area (Å²) in [7, 11) is -3.47. The van der Waals surface area contributed by atoms with E-state index in [-0.39, 0.29) is 12.5 Å². The lowest BCUT2D eigenvalue weighted by molar-refractivity contribution is -0.137. The molecule has 0 bridgehead atoms. The Labute approximate surface area is 138 Å². The number of carbonyl (C=O) groups is 1. The summed E-state index contributed by atoms with van der Waals surface area (Å²) in [4.78, 5) is 10.9. The van der Waals surface area contributed by atoms with Crippen LogP contribution in [0.4, 0.5) is 0 Å². The molecule has 1 saturated carbocycles. The summed E-state index contributed by atoms with van der Waals surface area (Å²) in [5.74, 6) is 0.0333. The van der Waals surface area contributed by atoms with Crippen LogP contribution >= 0.6 is 0 Å². The van der Waals surface area contributed by atoms with Gasteiger partial charge in [0.25, 0.3) is 0 Å². The van der Waals surface area contributed by atoms with Crippen molar-refractivity contribution in [2.45, 2.75) is 56.4 Å². The van der Waals surface area contributed by atoms with E-state index in [2.05, 4.69) is 4.72 Å². The number of benzene rings is 1. The van der Waals surface area contributed by atoms with Gasteiger partial charge in [-0.15, -0.1) is 0 Å². The number of carboxylic acid groups (broad SMARTS) is 1. The molecule has 0 saturated heterocycles. The normalized spacial score (nSPS) is 23.3. The zero-order valence-electron chi connectivity index (χ0n) is 13.4. The summed E-state index contributed by atoms with van der Waals surface area (Å²) < 4.78 is 27.5. The number of aliphatic carboxylic acids is 1. The molecule has 1 atom stereocenters. The van der Waals surface area contributed by atoms with Crippen LogP contribution in [0.25, 0.3) is 0 Å². The first kappa shape index (κ1) is 17.9. The molecule has 0 aliphatic heterocycles. The Morgan fingerprint density at radius 2 is 1.83 bits per heavy atom. The number of carboxylic acids is 1. The van der Waals surface area contributed by atoms with E-state index >= 15 is 0 Å². The van der Waals surface area contributed by atoms with Crippen LogP contribution in [0.2, 0.25) is 0 Å². The molecule has 0 amide bonds. The van der Waals surface area contributed by atoms with E-state index in [0.717, 1.165) is 32.1 Å². The fraction of sp³-hybridized carbons (Fsp3) is 0.588. The Hall–Kier alpha value is -1.40. The average molecular weight is 339 g/mol. The molecule has 6 heteroatoms. The third-order valence-corrected chi connectivity index (χ3v) is 6.33. The van der Waals surface area contributed by atoms with Gasteiger partial charge in [0.15, 0.2) is 0 Å². The quantitative estimate of drug-likeness (QED) is 0.800. The largest absolute Gasteiger partial charge is 0.481 e. The maximum atomic E-state index is 12.4. The Morgan fingerprint density at radius 3 is 2.39 bits per heavy atom. The fourth-order valence-corrected chi connectivity index (χ4v) is 4.65. The number of hydrogen-bond acceptors (Lipinski definition) is 3. The van der Waals surface area contributed by atoms with E-state index in [1.165, 1.54) is 0 Å². The molecule has 0 radical (unpaired) electrons. The number of nitrogens with one attached hydrogen (secondary N) is 1. The van der Waals surface area contributed by atoms with E-state index < -0.39 is 16.0 Å². The zero-order chi connectivity index (χ0) is 16.9. The molecule has 2 N–H and O–H groups in total. The van der Waals surface area contributed by atoms with Crippen LogP contribution < -0.4 is 4.72 Å². The molecule has 0 spiro atoms. The van der Waals surface area contributed by atoms with Gasteiger partial charge >= 0.3 is 5.97 Å². The first-order valence-corrected chi connectivity index (χ1v) is 9.66. The highest BCUT2D eigenvalue weighted by atomic mass is 32.2. The van der Waals surface area contributed by atoms with E-state index in [1.807, 2.05) is 6.92 Å². The molecule has 5 nitrogen and oxygen atoms in total. The van der Waals surface area contributed by atoms with Crippen molar-refractivity contribution in [3.05, 3.63) is 30.3 Å². The number of rotatable bonds is 7. The van der Waals surface area contributed by atoms with Crippen LogP contribution in [0.5, 0.6) is 0 Å². The molecule has 0 heterocycles.